The predicted molar refractivity (Wildman–Crippen MR) is 141 cm³/mol. The fourth-order valence-electron chi connectivity index (χ4n) is 5.25. The molecule has 190 valence electrons. The number of hydrogen-bond acceptors (Lipinski definition) is 4. The van der Waals surface area contributed by atoms with Crippen LogP contribution in [-0.4, -0.2) is 52.8 Å². The van der Waals surface area contributed by atoms with Gasteiger partial charge in [-0.3, -0.25) is 14.5 Å². The van der Waals surface area contributed by atoms with Gasteiger partial charge >= 0.3 is 6.03 Å². The number of piperidine rings is 1. The first-order valence-corrected chi connectivity index (χ1v) is 13.7. The van der Waals surface area contributed by atoms with Crippen molar-refractivity contribution in [2.45, 2.75) is 56.7 Å². The van der Waals surface area contributed by atoms with E-state index in [9.17, 15) is 14.4 Å². The van der Waals surface area contributed by atoms with E-state index < -0.39 is 5.54 Å². The molecule has 2 aliphatic heterocycles. The highest BCUT2D eigenvalue weighted by atomic mass is 79.9. The number of halogens is 1. The van der Waals surface area contributed by atoms with Crippen LogP contribution in [0, 0.1) is 5.92 Å². The van der Waals surface area contributed by atoms with Crippen molar-refractivity contribution < 1.29 is 14.4 Å². The van der Waals surface area contributed by atoms with Gasteiger partial charge < -0.3 is 15.5 Å². The summed E-state index contributed by atoms with van der Waals surface area (Å²) in [5.74, 6) is 0.570. The van der Waals surface area contributed by atoms with Gasteiger partial charge in [0, 0.05) is 30.5 Å². The molecule has 3 aliphatic rings. The maximum absolute atomic E-state index is 13.3. The Morgan fingerprint density at radius 1 is 1.06 bits per heavy atom. The van der Waals surface area contributed by atoms with Crippen LogP contribution in [0.5, 0.6) is 0 Å². The SMILES string of the molecule is O=C(CC1CC1)NC(CCN1CCC2(CC1)NC(=O)N(Cc1ccc(Br)cc1)C2=O)c1ccccc1. The third-order valence-corrected chi connectivity index (χ3v) is 8.18. The zero-order valence-electron chi connectivity index (χ0n) is 20.4. The lowest BCUT2D eigenvalue weighted by atomic mass is 9.87. The maximum Gasteiger partial charge on any atom is 0.325 e. The van der Waals surface area contributed by atoms with E-state index in [1.54, 1.807) is 0 Å². The molecule has 0 bridgehead atoms. The molecule has 2 aromatic rings. The van der Waals surface area contributed by atoms with Crippen LogP contribution in [0.2, 0.25) is 0 Å². The number of hydrogen-bond donors (Lipinski definition) is 2. The highest BCUT2D eigenvalue weighted by molar-refractivity contribution is 9.10. The highest BCUT2D eigenvalue weighted by Crippen LogP contribution is 2.33. The minimum atomic E-state index is -0.805. The van der Waals surface area contributed by atoms with E-state index in [1.807, 2.05) is 42.5 Å². The quantitative estimate of drug-likeness (QED) is 0.452. The van der Waals surface area contributed by atoms with Crippen LogP contribution in [0.15, 0.2) is 59.1 Å². The van der Waals surface area contributed by atoms with Gasteiger partial charge in [-0.05, 0) is 61.3 Å². The third-order valence-electron chi connectivity index (χ3n) is 7.65. The maximum atomic E-state index is 13.3. The second-order valence-electron chi connectivity index (χ2n) is 10.3. The van der Waals surface area contributed by atoms with Crippen LogP contribution < -0.4 is 10.6 Å². The van der Waals surface area contributed by atoms with Crippen molar-refractivity contribution in [3.63, 3.8) is 0 Å². The van der Waals surface area contributed by atoms with E-state index >= 15 is 0 Å². The topological polar surface area (TPSA) is 81.8 Å². The first-order valence-electron chi connectivity index (χ1n) is 12.9. The summed E-state index contributed by atoms with van der Waals surface area (Å²) in [6.07, 6.45) is 4.94. The number of nitrogens with one attached hydrogen (secondary N) is 2. The summed E-state index contributed by atoms with van der Waals surface area (Å²) >= 11 is 3.42. The lowest BCUT2D eigenvalue weighted by molar-refractivity contribution is -0.133. The van der Waals surface area contributed by atoms with Gasteiger partial charge in [-0.25, -0.2) is 4.79 Å². The van der Waals surface area contributed by atoms with Gasteiger partial charge in [0.2, 0.25) is 5.91 Å². The van der Waals surface area contributed by atoms with Crippen LogP contribution in [0.4, 0.5) is 4.79 Å². The molecule has 3 fully saturated rings. The molecule has 1 saturated carbocycles. The Morgan fingerprint density at radius 2 is 1.75 bits per heavy atom. The fourth-order valence-corrected chi connectivity index (χ4v) is 5.51. The molecule has 4 amide bonds. The van der Waals surface area contributed by atoms with E-state index in [0.29, 0.717) is 25.2 Å². The van der Waals surface area contributed by atoms with Crippen molar-refractivity contribution in [2.24, 2.45) is 5.92 Å². The Labute approximate surface area is 220 Å². The lowest BCUT2D eigenvalue weighted by Crippen LogP contribution is -2.55. The van der Waals surface area contributed by atoms with Gasteiger partial charge in [0.05, 0.1) is 12.6 Å². The van der Waals surface area contributed by atoms with E-state index in [1.165, 1.54) is 4.90 Å². The van der Waals surface area contributed by atoms with Crippen molar-refractivity contribution in [1.82, 2.24) is 20.4 Å². The Hall–Kier alpha value is -2.71. The second-order valence-corrected chi connectivity index (χ2v) is 11.3. The largest absolute Gasteiger partial charge is 0.349 e. The summed E-state index contributed by atoms with van der Waals surface area (Å²) in [6.45, 7) is 2.57. The molecule has 8 heteroatoms. The molecule has 0 radical (unpaired) electrons. The minimum absolute atomic E-state index is 0.0254. The van der Waals surface area contributed by atoms with E-state index in [2.05, 4.69) is 43.6 Å². The van der Waals surface area contributed by atoms with E-state index in [0.717, 1.165) is 54.5 Å². The fraction of sp³-hybridized carbons (Fsp3) is 0.464. The van der Waals surface area contributed by atoms with Crippen molar-refractivity contribution >= 4 is 33.8 Å². The van der Waals surface area contributed by atoms with Crippen molar-refractivity contribution in [3.05, 3.63) is 70.2 Å². The molecule has 1 spiro atoms. The number of carbonyl (C=O) groups excluding carboxylic acids is 3. The summed E-state index contributed by atoms with van der Waals surface area (Å²) in [5.41, 5.74) is 1.24. The standard InChI is InChI=1S/C28H33BrN4O3/c29-23-10-8-21(9-11-23)19-33-26(35)28(31-27(33)36)13-16-32(17-14-28)15-12-24(22-4-2-1-3-5-22)30-25(34)18-20-6-7-20/h1-5,8-11,20,24H,6-7,12-19H2,(H,30,34)(H,31,36). The van der Waals surface area contributed by atoms with E-state index in [4.69, 9.17) is 0 Å². The molecule has 2 N–H and O–H groups in total. The zero-order valence-corrected chi connectivity index (χ0v) is 22.0. The van der Waals surface area contributed by atoms with Gasteiger partial charge in [-0.1, -0.05) is 58.4 Å². The molecule has 2 heterocycles. The summed E-state index contributed by atoms with van der Waals surface area (Å²) in [4.78, 5) is 42.2. The van der Waals surface area contributed by atoms with Crippen molar-refractivity contribution in [1.29, 1.82) is 0 Å². The lowest BCUT2D eigenvalue weighted by Gasteiger charge is -2.37. The summed E-state index contributed by atoms with van der Waals surface area (Å²) < 4.78 is 0.962. The molecule has 2 aromatic carbocycles. The molecule has 0 aromatic heterocycles. The van der Waals surface area contributed by atoms with Gasteiger partial charge in [-0.15, -0.1) is 0 Å². The first-order chi connectivity index (χ1) is 17.4. The number of imide groups is 1. The van der Waals surface area contributed by atoms with Gasteiger partial charge in [0.1, 0.15) is 5.54 Å². The minimum Gasteiger partial charge on any atom is -0.349 e. The van der Waals surface area contributed by atoms with Crippen LogP contribution in [0.1, 0.15) is 55.7 Å². The molecule has 1 unspecified atom stereocenters. The molecule has 2 saturated heterocycles. The van der Waals surface area contributed by atoms with Crippen LogP contribution in [0.3, 0.4) is 0 Å². The summed E-state index contributed by atoms with van der Waals surface area (Å²) in [5, 5.41) is 6.26. The number of carbonyl (C=O) groups is 3. The molecular weight excluding hydrogens is 520 g/mol. The Bertz CT molecular complexity index is 1100. The van der Waals surface area contributed by atoms with E-state index in [-0.39, 0.29) is 30.4 Å². The number of rotatable bonds is 9. The monoisotopic (exact) mass is 552 g/mol. The number of benzene rings is 2. The summed E-state index contributed by atoms with van der Waals surface area (Å²) in [6, 6.07) is 17.5. The first kappa shape index (κ1) is 25.0. The molecule has 5 rings (SSSR count). The predicted octanol–water partition coefficient (Wildman–Crippen LogP) is 4.38. The normalized spacial score (nSPS) is 20.4. The van der Waals surface area contributed by atoms with Crippen molar-refractivity contribution in [3.8, 4) is 0 Å². The van der Waals surface area contributed by atoms with Gasteiger partial charge in [0.15, 0.2) is 0 Å². The molecule has 7 nitrogen and oxygen atoms in total. The summed E-state index contributed by atoms with van der Waals surface area (Å²) in [7, 11) is 0. The van der Waals surface area contributed by atoms with Gasteiger partial charge in [0.25, 0.3) is 5.91 Å². The number of nitrogens with zero attached hydrogens (tertiary/aromatic N) is 2. The zero-order chi connectivity index (χ0) is 25.1. The average Bonchev–Trinajstić information content (AvgIpc) is 3.67. The number of urea groups is 1. The van der Waals surface area contributed by atoms with Crippen LogP contribution in [-0.2, 0) is 16.1 Å². The molecule has 1 aliphatic carbocycles. The second kappa shape index (κ2) is 10.7. The Balaban J connectivity index is 1.16. The van der Waals surface area contributed by atoms with Crippen molar-refractivity contribution in [2.75, 3.05) is 19.6 Å². The Kier molecular flexibility index (Phi) is 7.44. The third kappa shape index (κ3) is 5.81. The molecular formula is C28H33BrN4O3. The van der Waals surface area contributed by atoms with Gasteiger partial charge in [-0.2, -0.15) is 0 Å². The highest BCUT2D eigenvalue weighted by Gasteiger charge is 2.52. The molecule has 36 heavy (non-hydrogen) atoms. The van der Waals surface area contributed by atoms with Crippen LogP contribution in [0.25, 0.3) is 0 Å². The Morgan fingerprint density at radius 3 is 2.42 bits per heavy atom. The number of likely N-dealkylation sites (tertiary alicyclic amines) is 1. The van der Waals surface area contributed by atoms with Crippen LogP contribution >= 0.6 is 15.9 Å². The smallest absolute Gasteiger partial charge is 0.325 e. The number of amides is 4. The average molecular weight is 554 g/mol. The molecule has 1 atom stereocenters.